The minimum Gasteiger partial charge on any atom is -0.437 e. The fourth-order valence-corrected chi connectivity index (χ4v) is 1.68. The third kappa shape index (κ3) is 3.88. The van der Waals surface area contributed by atoms with Gasteiger partial charge in [-0.15, -0.1) is 0 Å². The molecule has 7 nitrogen and oxygen atoms in total. The molecule has 0 atom stereocenters. The van der Waals surface area contributed by atoms with E-state index in [1.807, 2.05) is 6.92 Å². The van der Waals surface area contributed by atoms with E-state index in [-0.39, 0.29) is 11.6 Å². The number of aromatic nitrogens is 2. The fraction of sp³-hybridized carbons (Fsp3) is 0.286. The summed E-state index contributed by atoms with van der Waals surface area (Å²) in [6.45, 7) is 4.48. The summed E-state index contributed by atoms with van der Waals surface area (Å²) in [7, 11) is 0. The van der Waals surface area contributed by atoms with Gasteiger partial charge in [0.2, 0.25) is 5.88 Å². The van der Waals surface area contributed by atoms with Crippen LogP contribution in [-0.2, 0) is 0 Å². The van der Waals surface area contributed by atoms with Gasteiger partial charge in [-0.1, -0.05) is 6.92 Å². The second-order valence-electron chi connectivity index (χ2n) is 4.42. The summed E-state index contributed by atoms with van der Waals surface area (Å²) in [5.41, 5.74) is 0.619. The van der Waals surface area contributed by atoms with Gasteiger partial charge < -0.3 is 10.1 Å². The molecule has 0 amide bonds. The lowest BCUT2D eigenvalue weighted by molar-refractivity contribution is -0.384. The number of nitrogens with zero attached hydrogens (tertiary/aromatic N) is 3. The third-order valence-corrected chi connectivity index (χ3v) is 2.73. The van der Waals surface area contributed by atoms with Crippen LogP contribution >= 0.6 is 0 Å². The van der Waals surface area contributed by atoms with Gasteiger partial charge in [0.1, 0.15) is 5.82 Å². The van der Waals surface area contributed by atoms with Crippen molar-refractivity contribution in [1.29, 1.82) is 0 Å². The molecule has 0 bridgehead atoms. The highest BCUT2D eigenvalue weighted by atomic mass is 16.6. The quantitative estimate of drug-likeness (QED) is 0.647. The number of pyridine rings is 2. The average Bonchev–Trinajstić information content (AvgIpc) is 2.47. The lowest BCUT2D eigenvalue weighted by Crippen LogP contribution is -2.04. The lowest BCUT2D eigenvalue weighted by Gasteiger charge is -2.09. The first-order valence-corrected chi connectivity index (χ1v) is 6.60. The number of hydrogen-bond acceptors (Lipinski definition) is 6. The second kappa shape index (κ2) is 6.65. The molecule has 0 unspecified atom stereocenters. The Kier molecular flexibility index (Phi) is 4.65. The van der Waals surface area contributed by atoms with Gasteiger partial charge in [0.25, 0.3) is 5.69 Å². The predicted octanol–water partition coefficient (Wildman–Crippen LogP) is 3.31. The van der Waals surface area contributed by atoms with Crippen LogP contribution in [0.1, 0.15) is 19.0 Å². The monoisotopic (exact) mass is 288 g/mol. The van der Waals surface area contributed by atoms with Crippen molar-refractivity contribution in [3.8, 4) is 11.6 Å². The molecule has 110 valence electrons. The van der Waals surface area contributed by atoms with Crippen LogP contribution in [0.2, 0.25) is 0 Å². The number of rotatable bonds is 6. The molecule has 0 fully saturated rings. The van der Waals surface area contributed by atoms with Crippen LogP contribution in [0.4, 0.5) is 11.5 Å². The van der Waals surface area contributed by atoms with Crippen LogP contribution in [-0.4, -0.2) is 21.4 Å². The lowest BCUT2D eigenvalue weighted by atomic mass is 10.3. The SMILES string of the molecule is CCCNc1cc([N+](=O)[O-])cc(Oc2cccnc2C)n1. The number of nitro groups is 1. The molecule has 2 heterocycles. The zero-order chi connectivity index (χ0) is 15.2. The maximum Gasteiger partial charge on any atom is 0.278 e. The molecule has 0 aliphatic carbocycles. The van der Waals surface area contributed by atoms with E-state index in [1.165, 1.54) is 12.1 Å². The number of aryl methyl sites for hydroxylation is 1. The van der Waals surface area contributed by atoms with Crippen molar-refractivity contribution in [3.05, 3.63) is 46.3 Å². The number of ether oxygens (including phenoxy) is 1. The van der Waals surface area contributed by atoms with Gasteiger partial charge in [-0.25, -0.2) is 0 Å². The number of nitrogens with one attached hydrogen (secondary N) is 1. The van der Waals surface area contributed by atoms with Gasteiger partial charge in [0, 0.05) is 12.7 Å². The Labute approximate surface area is 122 Å². The van der Waals surface area contributed by atoms with Gasteiger partial charge in [0.05, 0.1) is 22.7 Å². The Morgan fingerprint density at radius 2 is 2.24 bits per heavy atom. The smallest absolute Gasteiger partial charge is 0.278 e. The van der Waals surface area contributed by atoms with Gasteiger partial charge in [0.15, 0.2) is 5.75 Å². The minimum atomic E-state index is -0.470. The molecule has 7 heteroatoms. The van der Waals surface area contributed by atoms with Gasteiger partial charge in [-0.3, -0.25) is 15.1 Å². The van der Waals surface area contributed by atoms with Crippen LogP contribution in [0.5, 0.6) is 11.6 Å². The number of anilines is 1. The Hall–Kier alpha value is -2.70. The molecule has 1 N–H and O–H groups in total. The summed E-state index contributed by atoms with van der Waals surface area (Å²) in [4.78, 5) is 18.8. The largest absolute Gasteiger partial charge is 0.437 e. The number of hydrogen-bond donors (Lipinski definition) is 1. The molecule has 0 spiro atoms. The molecule has 0 aromatic carbocycles. The summed E-state index contributed by atoms with van der Waals surface area (Å²) in [5.74, 6) is 1.11. The van der Waals surface area contributed by atoms with Crippen molar-refractivity contribution in [1.82, 2.24) is 9.97 Å². The summed E-state index contributed by atoms with van der Waals surface area (Å²) in [6, 6.07) is 6.15. The molecule has 0 saturated heterocycles. The summed E-state index contributed by atoms with van der Waals surface area (Å²) >= 11 is 0. The zero-order valence-corrected chi connectivity index (χ0v) is 11.9. The maximum absolute atomic E-state index is 11.0. The first kappa shape index (κ1) is 14.7. The zero-order valence-electron chi connectivity index (χ0n) is 11.9. The van der Waals surface area contributed by atoms with Crippen LogP contribution < -0.4 is 10.1 Å². The molecule has 0 aliphatic heterocycles. The van der Waals surface area contributed by atoms with Crippen molar-refractivity contribution in [2.45, 2.75) is 20.3 Å². The van der Waals surface area contributed by atoms with E-state index in [4.69, 9.17) is 4.74 Å². The molecule has 2 aromatic rings. The molecule has 0 radical (unpaired) electrons. The predicted molar refractivity (Wildman–Crippen MR) is 78.7 cm³/mol. The standard InChI is InChI=1S/C14H16N4O3/c1-3-6-16-13-8-11(18(19)20)9-14(17-13)21-12-5-4-7-15-10(12)2/h4-5,7-9H,3,6H2,1-2H3,(H,16,17). The molecule has 0 aliphatic rings. The highest BCUT2D eigenvalue weighted by Crippen LogP contribution is 2.27. The van der Waals surface area contributed by atoms with E-state index in [1.54, 1.807) is 25.3 Å². The Balaban J connectivity index is 2.31. The van der Waals surface area contributed by atoms with Crippen LogP contribution in [0, 0.1) is 17.0 Å². The second-order valence-corrected chi connectivity index (χ2v) is 4.42. The first-order chi connectivity index (χ1) is 10.1. The van der Waals surface area contributed by atoms with Gasteiger partial charge in [-0.2, -0.15) is 4.98 Å². The normalized spacial score (nSPS) is 10.2. The van der Waals surface area contributed by atoms with E-state index >= 15 is 0 Å². The molecule has 2 aromatic heterocycles. The van der Waals surface area contributed by atoms with Crippen molar-refractivity contribution in [3.63, 3.8) is 0 Å². The molecule has 21 heavy (non-hydrogen) atoms. The fourth-order valence-electron chi connectivity index (χ4n) is 1.68. The van der Waals surface area contributed by atoms with E-state index < -0.39 is 4.92 Å². The highest BCUT2D eigenvalue weighted by Gasteiger charge is 2.13. The Morgan fingerprint density at radius 3 is 2.90 bits per heavy atom. The van der Waals surface area contributed by atoms with Crippen molar-refractivity contribution in [2.75, 3.05) is 11.9 Å². The molecular weight excluding hydrogens is 272 g/mol. The van der Waals surface area contributed by atoms with Crippen molar-refractivity contribution in [2.24, 2.45) is 0 Å². The van der Waals surface area contributed by atoms with E-state index in [0.29, 0.717) is 23.8 Å². The summed E-state index contributed by atoms with van der Waals surface area (Å²) < 4.78 is 5.60. The average molecular weight is 288 g/mol. The van der Waals surface area contributed by atoms with Gasteiger partial charge >= 0.3 is 0 Å². The Bertz CT molecular complexity index is 646. The van der Waals surface area contributed by atoms with Crippen molar-refractivity contribution < 1.29 is 9.66 Å². The van der Waals surface area contributed by atoms with Crippen LogP contribution in [0.3, 0.4) is 0 Å². The molecular formula is C14H16N4O3. The Morgan fingerprint density at radius 1 is 1.43 bits per heavy atom. The third-order valence-electron chi connectivity index (χ3n) is 2.73. The van der Waals surface area contributed by atoms with Crippen LogP contribution in [0.15, 0.2) is 30.5 Å². The van der Waals surface area contributed by atoms with Crippen molar-refractivity contribution >= 4 is 11.5 Å². The van der Waals surface area contributed by atoms with E-state index in [0.717, 1.165) is 6.42 Å². The van der Waals surface area contributed by atoms with Gasteiger partial charge in [-0.05, 0) is 25.5 Å². The maximum atomic E-state index is 11.0. The highest BCUT2D eigenvalue weighted by molar-refractivity contribution is 5.49. The first-order valence-electron chi connectivity index (χ1n) is 6.60. The molecule has 2 rings (SSSR count). The minimum absolute atomic E-state index is 0.0693. The summed E-state index contributed by atoms with van der Waals surface area (Å²) in [6.07, 6.45) is 2.54. The van der Waals surface area contributed by atoms with E-state index in [9.17, 15) is 10.1 Å². The van der Waals surface area contributed by atoms with Crippen LogP contribution in [0.25, 0.3) is 0 Å². The molecule has 0 saturated carbocycles. The topological polar surface area (TPSA) is 90.2 Å². The van der Waals surface area contributed by atoms with E-state index in [2.05, 4.69) is 15.3 Å². The summed E-state index contributed by atoms with van der Waals surface area (Å²) in [5, 5.41) is 14.0.